The number of esters is 1. The number of carbonyl (C=O) groups excluding carboxylic acids is 3. The van der Waals surface area contributed by atoms with E-state index in [-0.39, 0.29) is 42.6 Å². The average molecular weight is 1310 g/mol. The molecule has 0 bridgehead atoms. The number of aromatic nitrogens is 3. The van der Waals surface area contributed by atoms with E-state index in [2.05, 4.69) is 143 Å². The van der Waals surface area contributed by atoms with Crippen LogP contribution in [0.25, 0.3) is 32.7 Å². The highest BCUT2D eigenvalue weighted by Crippen LogP contribution is 2.19. The third kappa shape index (κ3) is 21.5. The number of rotatable bonds is 22. The largest absolute Gasteiger partial charge is 0.461 e. The molecule has 3 heterocycles. The molecule has 0 aliphatic heterocycles. The van der Waals surface area contributed by atoms with Crippen LogP contribution in [0.3, 0.4) is 0 Å². The van der Waals surface area contributed by atoms with Gasteiger partial charge in [0.2, 0.25) is 0 Å². The van der Waals surface area contributed by atoms with E-state index in [9.17, 15) is 14.4 Å². The van der Waals surface area contributed by atoms with Crippen LogP contribution < -0.4 is 10.6 Å². The van der Waals surface area contributed by atoms with Crippen molar-refractivity contribution in [1.29, 1.82) is 0 Å². The zero-order chi connectivity index (χ0) is 47.7. The summed E-state index contributed by atoms with van der Waals surface area (Å²) < 4.78 is 8.39. The fourth-order valence-electron chi connectivity index (χ4n) is 7.30. The number of amides is 2. The quantitative estimate of drug-likeness (QED) is 0.0388. The first-order valence-corrected chi connectivity index (χ1v) is 26.6. The third-order valence-electron chi connectivity index (χ3n) is 10.4. The molecule has 3 aromatic carbocycles. The normalized spacial score (nSPS) is 10.7. The van der Waals surface area contributed by atoms with Gasteiger partial charge < -0.3 is 25.2 Å². The molecular weight excluding hydrogens is 1240 g/mol. The average Bonchev–Trinajstić information content (AvgIpc) is 3.31. The van der Waals surface area contributed by atoms with Crippen LogP contribution in [0.1, 0.15) is 117 Å². The highest BCUT2D eigenvalue weighted by molar-refractivity contribution is 14.1. The smallest absolute Gasteiger partial charge is 0.356 e. The van der Waals surface area contributed by atoms with Crippen LogP contribution in [0.15, 0.2) is 91.0 Å². The van der Waals surface area contributed by atoms with Crippen molar-refractivity contribution in [3.8, 4) is 0 Å². The molecule has 11 nitrogen and oxygen atoms in total. The van der Waals surface area contributed by atoms with Gasteiger partial charge in [-0.25, -0.2) is 19.7 Å². The Morgan fingerprint density at radius 2 is 0.809 bits per heavy atom. The molecule has 0 spiro atoms. The lowest BCUT2D eigenvalue weighted by atomic mass is 10.2. The van der Waals surface area contributed by atoms with Crippen LogP contribution in [-0.2, 0) is 4.74 Å². The Kier molecular flexibility index (Phi) is 30.9. The van der Waals surface area contributed by atoms with Gasteiger partial charge in [-0.3, -0.25) is 9.59 Å². The number of nitrogens with one attached hydrogen (secondary N) is 2. The molecule has 0 radical (unpaired) electrons. The molecule has 0 aliphatic carbocycles. The van der Waals surface area contributed by atoms with Crippen molar-refractivity contribution in [1.82, 2.24) is 35.4 Å². The van der Waals surface area contributed by atoms with Gasteiger partial charge in [0, 0.05) is 40.0 Å². The summed E-state index contributed by atoms with van der Waals surface area (Å²) in [7, 11) is 0. The molecule has 2 amide bonds. The number of nitrogens with zero attached hydrogens (tertiary/aromatic N) is 5. The van der Waals surface area contributed by atoms with Crippen LogP contribution >= 0.6 is 92.6 Å². The molecule has 68 heavy (non-hydrogen) atoms. The minimum atomic E-state index is -0.372. The van der Waals surface area contributed by atoms with Crippen LogP contribution in [0.5, 0.6) is 0 Å². The standard InChI is InChI=1S/2C20H28IN3O.C12H10INO2.2ClH/c2*1-3-12-24(13-4-2)14-6-5-11-22-20(25)19-9-7-16-15-17(21)8-10-18(16)23-19;1-2-16-12(15)11-5-3-8-7-9(13)4-6-10(8)14-11;;/h2*7-10,15H,3-6,11-14H2,1-2H3,(H,22,25);3-7H,2H2,1H3;2*1H. The van der Waals surface area contributed by atoms with Gasteiger partial charge in [0.15, 0.2) is 0 Å². The SMILES string of the molecule is CCCN(CCC)CCCCNC(=O)c1ccc2cc(I)ccc2n1.CCCN(CCC)CCCCNC(=O)c1ccc2cc(I)ccc2n1.CCOC(=O)c1ccc2cc(I)ccc2n1.Cl.Cl. The second-order valence-electron chi connectivity index (χ2n) is 15.9. The van der Waals surface area contributed by atoms with Gasteiger partial charge in [0.25, 0.3) is 11.8 Å². The summed E-state index contributed by atoms with van der Waals surface area (Å²) >= 11 is 6.80. The fraction of sp³-hybridized carbons (Fsp3) is 0.423. The third-order valence-corrected chi connectivity index (χ3v) is 12.4. The topological polar surface area (TPSA) is 130 Å². The molecule has 0 saturated carbocycles. The summed E-state index contributed by atoms with van der Waals surface area (Å²) in [5.41, 5.74) is 3.88. The number of ether oxygens (including phenoxy) is 1. The minimum absolute atomic E-state index is 0. The Morgan fingerprint density at radius 3 is 1.15 bits per heavy atom. The molecule has 3 aromatic heterocycles. The Bertz CT molecular complexity index is 2340. The molecule has 16 heteroatoms. The zero-order valence-corrected chi connectivity index (χ0v) is 48.1. The van der Waals surface area contributed by atoms with Crippen LogP contribution in [0.4, 0.5) is 0 Å². The van der Waals surface area contributed by atoms with E-state index < -0.39 is 0 Å². The van der Waals surface area contributed by atoms with Gasteiger partial charge in [0.05, 0.1) is 23.2 Å². The number of halogens is 5. The van der Waals surface area contributed by atoms with Crippen LogP contribution in [-0.4, -0.2) is 102 Å². The number of benzene rings is 3. The van der Waals surface area contributed by atoms with E-state index in [1.807, 2.05) is 60.7 Å². The minimum Gasteiger partial charge on any atom is -0.461 e. The monoisotopic (exact) mass is 1310 g/mol. The Hall–Kier alpha value is -3.01. The highest BCUT2D eigenvalue weighted by Gasteiger charge is 2.11. The molecule has 0 atom stereocenters. The molecule has 0 aliphatic rings. The van der Waals surface area contributed by atoms with E-state index in [4.69, 9.17) is 4.74 Å². The maximum Gasteiger partial charge on any atom is 0.356 e. The summed E-state index contributed by atoms with van der Waals surface area (Å²) in [6, 6.07) is 29.1. The van der Waals surface area contributed by atoms with Gasteiger partial charge >= 0.3 is 5.97 Å². The van der Waals surface area contributed by atoms with Gasteiger partial charge in [-0.15, -0.1) is 24.8 Å². The van der Waals surface area contributed by atoms with Crippen molar-refractivity contribution in [3.63, 3.8) is 0 Å². The van der Waals surface area contributed by atoms with Crippen molar-refractivity contribution in [2.45, 2.75) is 86.0 Å². The molecule has 0 unspecified atom stereocenters. The number of unbranched alkanes of at least 4 members (excludes halogenated alkanes) is 2. The van der Waals surface area contributed by atoms with Crippen LogP contribution in [0, 0.1) is 10.7 Å². The predicted octanol–water partition coefficient (Wildman–Crippen LogP) is 12.8. The lowest BCUT2D eigenvalue weighted by Crippen LogP contribution is -2.28. The van der Waals surface area contributed by atoms with Crippen molar-refractivity contribution in [3.05, 3.63) is 119 Å². The highest BCUT2D eigenvalue weighted by atomic mass is 127. The van der Waals surface area contributed by atoms with Crippen molar-refractivity contribution < 1.29 is 19.1 Å². The second kappa shape index (κ2) is 34.3. The van der Waals surface area contributed by atoms with Gasteiger partial charge in [-0.2, -0.15) is 0 Å². The molecule has 6 rings (SSSR count). The Morgan fingerprint density at radius 1 is 0.471 bits per heavy atom. The number of hydrogen-bond donors (Lipinski definition) is 2. The zero-order valence-electron chi connectivity index (χ0n) is 40.0. The van der Waals surface area contributed by atoms with E-state index in [0.29, 0.717) is 36.8 Å². The molecular formula is C52H68Cl2I3N7O4. The van der Waals surface area contributed by atoms with E-state index in [0.717, 1.165) is 75.1 Å². The molecule has 0 fully saturated rings. The van der Waals surface area contributed by atoms with Crippen LogP contribution in [0.2, 0.25) is 0 Å². The first-order valence-electron chi connectivity index (χ1n) is 23.3. The summed E-state index contributed by atoms with van der Waals surface area (Å²) in [6.45, 7) is 19.3. The number of pyridine rings is 3. The summed E-state index contributed by atoms with van der Waals surface area (Å²) in [4.78, 5) is 54.2. The van der Waals surface area contributed by atoms with Crippen molar-refractivity contribution in [2.75, 3.05) is 59.0 Å². The number of hydrogen-bond acceptors (Lipinski definition) is 9. The van der Waals surface area contributed by atoms with Crippen molar-refractivity contribution in [2.24, 2.45) is 0 Å². The lowest BCUT2D eigenvalue weighted by Gasteiger charge is -2.20. The maximum atomic E-state index is 12.3. The van der Waals surface area contributed by atoms with E-state index in [1.165, 1.54) is 59.0 Å². The molecule has 370 valence electrons. The Labute approximate surface area is 457 Å². The molecule has 6 aromatic rings. The number of fused-ring (bicyclic) bond motifs is 3. The van der Waals surface area contributed by atoms with E-state index >= 15 is 0 Å². The van der Waals surface area contributed by atoms with Gasteiger partial charge in [-0.05, 0) is 238 Å². The van der Waals surface area contributed by atoms with Gasteiger partial charge in [-0.1, -0.05) is 45.9 Å². The first-order chi connectivity index (χ1) is 32.0. The molecule has 0 saturated heterocycles. The number of carbonyl (C=O) groups is 3. The molecule has 2 N–H and O–H groups in total. The summed E-state index contributed by atoms with van der Waals surface area (Å²) in [5.74, 6) is -0.540. The van der Waals surface area contributed by atoms with Gasteiger partial charge in [0.1, 0.15) is 17.1 Å². The first kappa shape index (κ1) is 61.1. The summed E-state index contributed by atoms with van der Waals surface area (Å²) in [6.07, 6.45) is 9.02. The van der Waals surface area contributed by atoms with Crippen molar-refractivity contribution >= 4 is 143 Å². The Balaban J connectivity index is 0.000000353. The van der Waals surface area contributed by atoms with E-state index in [1.54, 1.807) is 25.1 Å². The maximum absolute atomic E-state index is 12.3. The summed E-state index contributed by atoms with van der Waals surface area (Å²) in [5, 5.41) is 9.14. The lowest BCUT2D eigenvalue weighted by molar-refractivity contribution is 0.0519. The predicted molar refractivity (Wildman–Crippen MR) is 311 cm³/mol. The fourth-order valence-corrected chi connectivity index (χ4v) is 8.85. The second-order valence-corrected chi connectivity index (χ2v) is 19.7.